The summed E-state index contributed by atoms with van der Waals surface area (Å²) in [6.07, 6.45) is 4.87. The van der Waals surface area contributed by atoms with Crippen molar-refractivity contribution in [3.63, 3.8) is 0 Å². The molecule has 1 aliphatic rings. The molecule has 0 bridgehead atoms. The summed E-state index contributed by atoms with van der Waals surface area (Å²) < 4.78 is 5.37. The lowest BCUT2D eigenvalue weighted by Gasteiger charge is -2.06. The Labute approximate surface area is 50.3 Å². The molecule has 1 unspecified atom stereocenters. The highest BCUT2D eigenvalue weighted by Crippen LogP contribution is 2.17. The van der Waals surface area contributed by atoms with E-state index < -0.39 is 0 Å². The van der Waals surface area contributed by atoms with Gasteiger partial charge in [-0.25, -0.2) is 0 Å². The molecule has 8 heavy (non-hydrogen) atoms. The Morgan fingerprint density at radius 1 is 1.88 bits per heavy atom. The van der Waals surface area contributed by atoms with Crippen molar-refractivity contribution < 1.29 is 4.74 Å². The maximum atomic E-state index is 5.37. The van der Waals surface area contributed by atoms with Crippen molar-refractivity contribution in [3.8, 4) is 0 Å². The molecule has 1 atom stereocenters. The summed E-state index contributed by atoms with van der Waals surface area (Å²) in [5.41, 5.74) is 0. The molecule has 46 valence electrons. The number of ether oxygens (including phenoxy) is 1. The van der Waals surface area contributed by atoms with Crippen molar-refractivity contribution in [2.45, 2.75) is 32.8 Å². The fourth-order valence-electron chi connectivity index (χ4n) is 0.907. The van der Waals surface area contributed by atoms with Crippen LogP contribution in [0.15, 0.2) is 11.8 Å². The molecular formula is C7H12O. The van der Waals surface area contributed by atoms with Crippen molar-refractivity contribution in [2.75, 3.05) is 0 Å². The van der Waals surface area contributed by atoms with Gasteiger partial charge < -0.3 is 4.74 Å². The zero-order chi connectivity index (χ0) is 5.98. The maximum Gasteiger partial charge on any atom is 0.101 e. The first-order valence-electron chi connectivity index (χ1n) is 3.16. The zero-order valence-corrected chi connectivity index (χ0v) is 5.48. The second kappa shape index (κ2) is 2.21. The molecule has 1 heterocycles. The Morgan fingerprint density at radius 2 is 2.62 bits per heavy atom. The molecule has 0 amide bonds. The van der Waals surface area contributed by atoms with Crippen LogP contribution >= 0.6 is 0 Å². The van der Waals surface area contributed by atoms with Gasteiger partial charge in [-0.2, -0.15) is 0 Å². The van der Waals surface area contributed by atoms with E-state index in [9.17, 15) is 0 Å². The van der Waals surface area contributed by atoms with E-state index in [1.54, 1.807) is 0 Å². The second-order valence-corrected chi connectivity index (χ2v) is 2.20. The number of hydrogen-bond donors (Lipinski definition) is 0. The standard InChI is InChI=1S/C7H12O/c1-3-7-5-4-6(2)8-7/h4,7H,3,5H2,1-2H3. The topological polar surface area (TPSA) is 9.23 Å². The van der Waals surface area contributed by atoms with Gasteiger partial charge in [0.2, 0.25) is 0 Å². The molecule has 0 spiro atoms. The van der Waals surface area contributed by atoms with E-state index in [1.165, 1.54) is 0 Å². The summed E-state index contributed by atoms with van der Waals surface area (Å²) in [5.74, 6) is 1.09. The molecule has 1 heteroatoms. The Hall–Kier alpha value is -0.460. The largest absolute Gasteiger partial charge is 0.495 e. The monoisotopic (exact) mass is 112 g/mol. The Balaban J connectivity index is 2.32. The molecule has 1 nitrogen and oxygen atoms in total. The van der Waals surface area contributed by atoms with Crippen LogP contribution in [-0.2, 0) is 4.74 Å². The van der Waals surface area contributed by atoms with Gasteiger partial charge in [0, 0.05) is 6.42 Å². The molecule has 0 N–H and O–H groups in total. The van der Waals surface area contributed by atoms with Crippen LogP contribution in [0.4, 0.5) is 0 Å². The maximum absolute atomic E-state index is 5.37. The van der Waals surface area contributed by atoms with E-state index in [0.29, 0.717) is 6.10 Å². The molecule has 0 aliphatic carbocycles. The lowest BCUT2D eigenvalue weighted by molar-refractivity contribution is 0.141. The highest BCUT2D eigenvalue weighted by molar-refractivity contribution is 4.97. The highest BCUT2D eigenvalue weighted by atomic mass is 16.5. The molecule has 0 aromatic rings. The molecule has 0 saturated heterocycles. The summed E-state index contributed by atoms with van der Waals surface area (Å²) in [6, 6.07) is 0. The summed E-state index contributed by atoms with van der Waals surface area (Å²) in [7, 11) is 0. The summed E-state index contributed by atoms with van der Waals surface area (Å²) in [6.45, 7) is 4.16. The quantitative estimate of drug-likeness (QED) is 0.504. The van der Waals surface area contributed by atoms with Gasteiger partial charge in [-0.3, -0.25) is 0 Å². The van der Waals surface area contributed by atoms with Crippen molar-refractivity contribution in [1.29, 1.82) is 0 Å². The van der Waals surface area contributed by atoms with Gasteiger partial charge in [-0.1, -0.05) is 6.92 Å². The number of rotatable bonds is 1. The SMILES string of the molecule is CCC1CC=C(C)O1. The minimum Gasteiger partial charge on any atom is -0.495 e. The Morgan fingerprint density at radius 3 is 2.88 bits per heavy atom. The van der Waals surface area contributed by atoms with E-state index >= 15 is 0 Å². The molecule has 1 aliphatic heterocycles. The third-order valence-electron chi connectivity index (χ3n) is 1.48. The fraction of sp³-hybridized carbons (Fsp3) is 0.714. The van der Waals surface area contributed by atoms with Gasteiger partial charge in [0.1, 0.15) is 6.10 Å². The average Bonchev–Trinajstić information content (AvgIpc) is 2.14. The molecular weight excluding hydrogens is 100 g/mol. The van der Waals surface area contributed by atoms with Crippen molar-refractivity contribution in [1.82, 2.24) is 0 Å². The van der Waals surface area contributed by atoms with E-state index in [4.69, 9.17) is 4.74 Å². The van der Waals surface area contributed by atoms with Crippen LogP contribution < -0.4 is 0 Å². The number of hydrogen-bond acceptors (Lipinski definition) is 1. The zero-order valence-electron chi connectivity index (χ0n) is 5.48. The van der Waals surface area contributed by atoms with Crippen molar-refractivity contribution >= 4 is 0 Å². The van der Waals surface area contributed by atoms with Gasteiger partial charge in [0.25, 0.3) is 0 Å². The summed E-state index contributed by atoms with van der Waals surface area (Å²) >= 11 is 0. The van der Waals surface area contributed by atoms with Crippen LogP contribution in [0.2, 0.25) is 0 Å². The molecule has 0 saturated carbocycles. The fourth-order valence-corrected chi connectivity index (χ4v) is 0.907. The predicted molar refractivity (Wildman–Crippen MR) is 33.5 cm³/mol. The smallest absolute Gasteiger partial charge is 0.101 e. The van der Waals surface area contributed by atoms with E-state index in [2.05, 4.69) is 13.0 Å². The molecule has 1 rings (SSSR count). The van der Waals surface area contributed by atoms with Gasteiger partial charge in [-0.05, 0) is 19.4 Å². The van der Waals surface area contributed by atoms with Crippen LogP contribution in [0.25, 0.3) is 0 Å². The molecule has 0 radical (unpaired) electrons. The van der Waals surface area contributed by atoms with Crippen LogP contribution in [0, 0.1) is 0 Å². The highest BCUT2D eigenvalue weighted by Gasteiger charge is 2.11. The molecule has 0 aromatic heterocycles. The van der Waals surface area contributed by atoms with E-state index in [1.807, 2.05) is 6.92 Å². The minimum absolute atomic E-state index is 0.481. The van der Waals surface area contributed by atoms with E-state index in [-0.39, 0.29) is 0 Å². The second-order valence-electron chi connectivity index (χ2n) is 2.20. The van der Waals surface area contributed by atoms with Crippen molar-refractivity contribution in [3.05, 3.63) is 11.8 Å². The minimum atomic E-state index is 0.481. The van der Waals surface area contributed by atoms with Crippen LogP contribution in [-0.4, -0.2) is 6.10 Å². The predicted octanol–water partition coefficient (Wildman–Crippen LogP) is 2.09. The Kier molecular flexibility index (Phi) is 1.56. The number of allylic oxidation sites excluding steroid dienone is 1. The van der Waals surface area contributed by atoms with Gasteiger partial charge in [-0.15, -0.1) is 0 Å². The lowest BCUT2D eigenvalue weighted by atomic mass is 10.2. The summed E-state index contributed by atoms with van der Waals surface area (Å²) in [4.78, 5) is 0. The average molecular weight is 112 g/mol. The normalized spacial score (nSPS) is 27.2. The van der Waals surface area contributed by atoms with Crippen LogP contribution in [0.3, 0.4) is 0 Å². The van der Waals surface area contributed by atoms with Gasteiger partial charge in [0.05, 0.1) is 5.76 Å². The first-order valence-corrected chi connectivity index (χ1v) is 3.16. The van der Waals surface area contributed by atoms with Gasteiger partial charge in [0.15, 0.2) is 0 Å². The van der Waals surface area contributed by atoms with Crippen LogP contribution in [0.1, 0.15) is 26.7 Å². The molecule has 0 fully saturated rings. The van der Waals surface area contributed by atoms with Gasteiger partial charge >= 0.3 is 0 Å². The van der Waals surface area contributed by atoms with Crippen molar-refractivity contribution in [2.24, 2.45) is 0 Å². The third-order valence-corrected chi connectivity index (χ3v) is 1.48. The summed E-state index contributed by atoms with van der Waals surface area (Å²) in [5, 5.41) is 0. The lowest BCUT2D eigenvalue weighted by Crippen LogP contribution is -2.01. The third kappa shape index (κ3) is 1.03. The molecule has 0 aromatic carbocycles. The van der Waals surface area contributed by atoms with Crippen LogP contribution in [0.5, 0.6) is 0 Å². The first kappa shape index (κ1) is 5.67. The van der Waals surface area contributed by atoms with E-state index in [0.717, 1.165) is 18.6 Å². The first-order chi connectivity index (χ1) is 3.83. The Bertz CT molecular complexity index is 105.